The molecule has 0 aromatic heterocycles. The second-order valence-corrected chi connectivity index (χ2v) is 20.8. The van der Waals surface area contributed by atoms with E-state index < -0.39 is 22.7 Å². The number of carbonyl (C=O) groups is 1. The molecule has 0 bridgehead atoms. The lowest BCUT2D eigenvalue weighted by Gasteiger charge is -2.47. The summed E-state index contributed by atoms with van der Waals surface area (Å²) in [5.41, 5.74) is 0.932. The van der Waals surface area contributed by atoms with Crippen molar-refractivity contribution in [1.82, 2.24) is 0 Å². The van der Waals surface area contributed by atoms with Gasteiger partial charge in [0.2, 0.25) is 0 Å². The van der Waals surface area contributed by atoms with E-state index in [1.54, 1.807) is 13.0 Å². The lowest BCUT2D eigenvalue weighted by Crippen LogP contribution is -2.55. The van der Waals surface area contributed by atoms with Gasteiger partial charge in [-0.05, 0) is 56.0 Å². The molecule has 1 aliphatic rings. The molecule has 7 heteroatoms. The topological polar surface area (TPSA) is 65.0 Å². The monoisotopic (exact) mass is 444 g/mol. The van der Waals surface area contributed by atoms with Crippen molar-refractivity contribution in [2.24, 2.45) is 0 Å². The van der Waals surface area contributed by atoms with Crippen molar-refractivity contribution >= 4 is 22.6 Å². The summed E-state index contributed by atoms with van der Waals surface area (Å²) in [6, 6.07) is 0. The Balaban J connectivity index is 3.20. The molecule has 29 heavy (non-hydrogen) atoms. The minimum Gasteiger partial charge on any atom is -0.463 e. The molecule has 170 valence electrons. The van der Waals surface area contributed by atoms with Crippen LogP contribution in [0.15, 0.2) is 11.6 Å². The Morgan fingerprint density at radius 2 is 1.34 bits per heavy atom. The molecule has 1 N–H and O–H groups in total. The van der Waals surface area contributed by atoms with Crippen molar-refractivity contribution in [1.29, 1.82) is 0 Å². The maximum Gasteiger partial charge on any atom is 0.330 e. The van der Waals surface area contributed by atoms with Crippen LogP contribution < -0.4 is 0 Å². The minimum atomic E-state index is -2.09. The van der Waals surface area contributed by atoms with Crippen LogP contribution in [0.4, 0.5) is 0 Å². The van der Waals surface area contributed by atoms with Crippen LogP contribution in [0.2, 0.25) is 36.3 Å². The van der Waals surface area contributed by atoms with Crippen molar-refractivity contribution in [2.45, 2.75) is 116 Å². The van der Waals surface area contributed by atoms with Crippen LogP contribution in [0.1, 0.15) is 61.3 Å². The van der Waals surface area contributed by atoms with Gasteiger partial charge in [-0.15, -0.1) is 0 Å². The van der Waals surface area contributed by atoms with Gasteiger partial charge in [-0.2, -0.15) is 0 Å². The number of ether oxygens (including phenoxy) is 1. The molecule has 0 aromatic carbocycles. The maximum absolute atomic E-state index is 12.1. The molecule has 2 atom stereocenters. The van der Waals surface area contributed by atoms with Gasteiger partial charge in [0, 0.05) is 6.08 Å². The highest BCUT2D eigenvalue weighted by Gasteiger charge is 2.47. The molecule has 0 radical (unpaired) electrons. The highest BCUT2D eigenvalue weighted by molar-refractivity contribution is 6.74. The average Bonchev–Trinajstić information content (AvgIpc) is 2.49. The first kappa shape index (κ1) is 26.6. The molecule has 5 nitrogen and oxygen atoms in total. The zero-order valence-electron chi connectivity index (χ0n) is 20.5. The molecular formula is C22H44O5Si2. The van der Waals surface area contributed by atoms with Gasteiger partial charge in [-0.1, -0.05) is 47.1 Å². The van der Waals surface area contributed by atoms with Crippen LogP contribution in [-0.2, 0) is 18.4 Å². The number of aliphatic hydroxyl groups is 1. The Hall–Kier alpha value is -0.476. The predicted molar refractivity (Wildman–Crippen MR) is 124 cm³/mol. The van der Waals surface area contributed by atoms with E-state index in [0.717, 1.165) is 5.57 Å². The second-order valence-electron chi connectivity index (χ2n) is 11.3. The summed E-state index contributed by atoms with van der Waals surface area (Å²) in [4.78, 5) is 12.1. The number of hydrogen-bond acceptors (Lipinski definition) is 5. The zero-order chi connectivity index (χ0) is 22.8. The van der Waals surface area contributed by atoms with Crippen molar-refractivity contribution in [2.75, 3.05) is 6.61 Å². The van der Waals surface area contributed by atoms with E-state index in [4.69, 9.17) is 13.6 Å². The first-order valence-corrected chi connectivity index (χ1v) is 16.6. The summed E-state index contributed by atoms with van der Waals surface area (Å²) in [5, 5.41) is 11.3. The third-order valence-corrected chi connectivity index (χ3v) is 15.8. The standard InChI is InChI=1S/C22H44O5Si2/c1-12-25-19(23)15-16-13-17(26-28(8,9)21(2,3)4)20(24)18(14-16)27-29(10,11)22(5,6)7/h15,17-18,20,24H,12-14H2,1-11H3/t17-,18-,20?/m1/s1. The lowest BCUT2D eigenvalue weighted by molar-refractivity contribution is -0.137. The third-order valence-electron chi connectivity index (χ3n) is 6.80. The molecule has 0 spiro atoms. The predicted octanol–water partition coefficient (Wildman–Crippen LogP) is 5.41. The summed E-state index contributed by atoms with van der Waals surface area (Å²) in [6.45, 7) is 24.0. The number of carbonyl (C=O) groups excluding carboxylic acids is 1. The third kappa shape index (κ3) is 7.02. The summed E-state index contributed by atoms with van der Waals surface area (Å²) in [6.07, 6.45) is 1.17. The van der Waals surface area contributed by atoms with Gasteiger partial charge >= 0.3 is 5.97 Å². The smallest absolute Gasteiger partial charge is 0.330 e. The molecule has 1 rings (SSSR count). The first-order valence-electron chi connectivity index (χ1n) is 10.8. The van der Waals surface area contributed by atoms with E-state index in [-0.39, 0.29) is 28.3 Å². The quantitative estimate of drug-likeness (QED) is 0.337. The molecule has 0 unspecified atom stereocenters. The number of aliphatic hydroxyl groups excluding tert-OH is 1. The van der Waals surface area contributed by atoms with E-state index in [2.05, 4.69) is 67.7 Å². The van der Waals surface area contributed by atoms with E-state index in [1.807, 2.05) is 0 Å². The molecular weight excluding hydrogens is 400 g/mol. The number of hydrogen-bond donors (Lipinski definition) is 1. The molecule has 0 aromatic rings. The summed E-state index contributed by atoms with van der Waals surface area (Å²) in [5.74, 6) is -0.337. The van der Waals surface area contributed by atoms with Gasteiger partial charge < -0.3 is 18.7 Å². The Morgan fingerprint density at radius 1 is 0.966 bits per heavy atom. The molecule has 0 aliphatic heterocycles. The van der Waals surface area contributed by atoms with Crippen LogP contribution in [0.5, 0.6) is 0 Å². The van der Waals surface area contributed by atoms with Crippen molar-refractivity contribution in [3.05, 3.63) is 11.6 Å². The SMILES string of the molecule is CCOC(=O)C=C1C[C@@H](O[Si](C)(C)C(C)(C)C)C(O)[C@H](O[Si](C)(C)C(C)(C)C)C1. The van der Waals surface area contributed by atoms with E-state index in [0.29, 0.717) is 19.4 Å². The fourth-order valence-electron chi connectivity index (χ4n) is 2.88. The molecule has 0 heterocycles. The Labute approximate surface area is 180 Å². The van der Waals surface area contributed by atoms with E-state index in [9.17, 15) is 9.90 Å². The van der Waals surface area contributed by atoms with E-state index >= 15 is 0 Å². The van der Waals surface area contributed by atoms with Gasteiger partial charge in [0.15, 0.2) is 16.6 Å². The Morgan fingerprint density at radius 3 is 1.66 bits per heavy atom. The normalized spacial score (nSPS) is 24.4. The lowest BCUT2D eigenvalue weighted by atomic mass is 9.87. The van der Waals surface area contributed by atoms with E-state index in [1.165, 1.54) is 0 Å². The summed E-state index contributed by atoms with van der Waals surface area (Å²) < 4.78 is 18.3. The number of esters is 1. The van der Waals surface area contributed by atoms with Crippen LogP contribution in [0, 0.1) is 0 Å². The molecule has 0 saturated heterocycles. The molecule has 1 fully saturated rings. The maximum atomic E-state index is 12.1. The van der Waals surface area contributed by atoms with Gasteiger partial charge in [-0.3, -0.25) is 0 Å². The zero-order valence-corrected chi connectivity index (χ0v) is 22.5. The highest BCUT2D eigenvalue weighted by atomic mass is 28.4. The molecule has 1 aliphatic carbocycles. The van der Waals surface area contributed by atoms with Gasteiger partial charge in [0.1, 0.15) is 6.10 Å². The second kappa shape index (κ2) is 9.34. The highest BCUT2D eigenvalue weighted by Crippen LogP contribution is 2.43. The van der Waals surface area contributed by atoms with Crippen molar-refractivity contribution in [3.8, 4) is 0 Å². The number of rotatable bonds is 6. The van der Waals surface area contributed by atoms with Gasteiger partial charge in [-0.25, -0.2) is 4.79 Å². The Bertz CT molecular complexity index is 559. The minimum absolute atomic E-state index is 0.0327. The van der Waals surface area contributed by atoms with Crippen molar-refractivity contribution < 1.29 is 23.5 Å². The first-order chi connectivity index (χ1) is 12.9. The van der Waals surface area contributed by atoms with Gasteiger partial charge in [0.25, 0.3) is 0 Å². The van der Waals surface area contributed by atoms with Crippen LogP contribution in [0.3, 0.4) is 0 Å². The summed E-state index contributed by atoms with van der Waals surface area (Å²) >= 11 is 0. The summed E-state index contributed by atoms with van der Waals surface area (Å²) in [7, 11) is -4.18. The van der Waals surface area contributed by atoms with Crippen molar-refractivity contribution in [3.63, 3.8) is 0 Å². The van der Waals surface area contributed by atoms with Crippen LogP contribution in [-0.4, -0.2) is 52.6 Å². The molecule has 0 amide bonds. The largest absolute Gasteiger partial charge is 0.463 e. The fraction of sp³-hybridized carbons (Fsp3) is 0.864. The Kier molecular flexibility index (Phi) is 8.56. The average molecular weight is 445 g/mol. The molecule has 1 saturated carbocycles. The van der Waals surface area contributed by atoms with Gasteiger partial charge in [0.05, 0.1) is 18.8 Å². The van der Waals surface area contributed by atoms with Crippen LogP contribution in [0.25, 0.3) is 0 Å². The fourth-order valence-corrected chi connectivity index (χ4v) is 5.55. The van der Waals surface area contributed by atoms with Crippen LogP contribution >= 0.6 is 0 Å².